The van der Waals surface area contributed by atoms with Gasteiger partial charge in [0.15, 0.2) is 5.82 Å². The van der Waals surface area contributed by atoms with Crippen LogP contribution in [0.25, 0.3) is 0 Å². The number of nitrogens with zero attached hydrogens (tertiary/aromatic N) is 2. The average molecular weight is 195 g/mol. The van der Waals surface area contributed by atoms with Crippen molar-refractivity contribution < 1.29 is 17.7 Å². The Morgan fingerprint density at radius 1 is 1.46 bits per heavy atom. The van der Waals surface area contributed by atoms with E-state index in [1.54, 1.807) is 0 Å². The van der Waals surface area contributed by atoms with Gasteiger partial charge in [-0.1, -0.05) is 5.16 Å². The highest BCUT2D eigenvalue weighted by Gasteiger charge is 2.25. The second-order valence-electron chi connectivity index (χ2n) is 2.39. The first kappa shape index (κ1) is 9.97. The summed E-state index contributed by atoms with van der Waals surface area (Å²) < 4.78 is 39.2. The van der Waals surface area contributed by atoms with Crippen molar-refractivity contribution in [3.63, 3.8) is 0 Å². The maximum absolute atomic E-state index is 11.6. The van der Waals surface area contributed by atoms with Crippen LogP contribution in [0.1, 0.15) is 5.82 Å². The second kappa shape index (κ2) is 4.22. The van der Waals surface area contributed by atoms with Crippen molar-refractivity contribution in [1.82, 2.24) is 15.5 Å². The van der Waals surface area contributed by atoms with Gasteiger partial charge in [-0.25, -0.2) is 0 Å². The largest absolute Gasteiger partial charge is 0.401 e. The summed E-state index contributed by atoms with van der Waals surface area (Å²) in [5.74, 6) is 0.398. The van der Waals surface area contributed by atoms with Crippen LogP contribution in [0.3, 0.4) is 0 Å². The molecule has 74 valence electrons. The van der Waals surface area contributed by atoms with Crippen molar-refractivity contribution in [3.05, 3.63) is 12.2 Å². The number of nitrogens with one attached hydrogen (secondary N) is 1. The molecular formula is C6H8F3N3O. The van der Waals surface area contributed by atoms with Crippen LogP contribution >= 0.6 is 0 Å². The Labute approximate surface area is 72.1 Å². The van der Waals surface area contributed by atoms with Gasteiger partial charge in [-0.3, -0.25) is 0 Å². The molecule has 0 unspecified atom stereocenters. The van der Waals surface area contributed by atoms with Crippen molar-refractivity contribution in [2.75, 3.05) is 13.1 Å². The van der Waals surface area contributed by atoms with Crippen LogP contribution in [0.4, 0.5) is 13.2 Å². The molecule has 0 atom stereocenters. The number of hydrogen-bond acceptors (Lipinski definition) is 4. The fourth-order valence-electron chi connectivity index (χ4n) is 0.733. The molecule has 0 fully saturated rings. The normalized spacial score (nSPS) is 11.9. The summed E-state index contributed by atoms with van der Waals surface area (Å²) in [5, 5.41) is 5.66. The zero-order chi connectivity index (χ0) is 9.73. The maximum atomic E-state index is 11.6. The van der Waals surface area contributed by atoms with E-state index in [4.69, 9.17) is 0 Å². The van der Waals surface area contributed by atoms with E-state index < -0.39 is 12.7 Å². The van der Waals surface area contributed by atoms with Gasteiger partial charge in [0, 0.05) is 13.0 Å². The minimum atomic E-state index is -4.17. The molecule has 1 N–H and O–H groups in total. The van der Waals surface area contributed by atoms with Gasteiger partial charge in [0.25, 0.3) is 0 Å². The molecule has 0 aromatic carbocycles. The third-order valence-electron chi connectivity index (χ3n) is 1.26. The molecule has 0 saturated carbocycles. The Morgan fingerprint density at radius 2 is 2.23 bits per heavy atom. The molecule has 0 aliphatic heterocycles. The summed E-state index contributed by atoms with van der Waals surface area (Å²) in [6.45, 7) is -0.816. The van der Waals surface area contributed by atoms with E-state index in [0.717, 1.165) is 6.39 Å². The van der Waals surface area contributed by atoms with E-state index in [9.17, 15) is 13.2 Å². The minimum Gasteiger partial charge on any atom is -0.343 e. The van der Waals surface area contributed by atoms with E-state index in [-0.39, 0.29) is 6.54 Å². The molecule has 4 nitrogen and oxygen atoms in total. The lowest BCUT2D eigenvalue weighted by molar-refractivity contribution is -0.124. The number of alkyl halides is 3. The van der Waals surface area contributed by atoms with Gasteiger partial charge < -0.3 is 9.84 Å². The molecular weight excluding hydrogens is 187 g/mol. The lowest BCUT2D eigenvalue weighted by atomic mass is 10.4. The van der Waals surface area contributed by atoms with Crippen LogP contribution in [0.2, 0.25) is 0 Å². The standard InChI is InChI=1S/C6H8F3N3O/c7-6(8,9)3-10-2-1-5-11-4-13-12-5/h4,10H,1-3H2. The highest BCUT2D eigenvalue weighted by atomic mass is 19.4. The van der Waals surface area contributed by atoms with E-state index in [2.05, 4.69) is 20.0 Å². The van der Waals surface area contributed by atoms with Gasteiger partial charge in [0.05, 0.1) is 6.54 Å². The van der Waals surface area contributed by atoms with Crippen molar-refractivity contribution in [2.24, 2.45) is 0 Å². The molecule has 0 saturated heterocycles. The molecule has 0 aliphatic carbocycles. The summed E-state index contributed by atoms with van der Waals surface area (Å²) in [7, 11) is 0. The molecule has 1 heterocycles. The predicted octanol–water partition coefficient (Wildman–Crippen LogP) is 0.764. The van der Waals surface area contributed by atoms with Crippen LogP contribution in [-0.2, 0) is 6.42 Å². The van der Waals surface area contributed by atoms with E-state index in [1.165, 1.54) is 0 Å². The van der Waals surface area contributed by atoms with Crippen molar-refractivity contribution in [2.45, 2.75) is 12.6 Å². The van der Waals surface area contributed by atoms with Gasteiger partial charge in [-0.2, -0.15) is 18.2 Å². The van der Waals surface area contributed by atoms with Crippen LogP contribution < -0.4 is 5.32 Å². The van der Waals surface area contributed by atoms with Crippen molar-refractivity contribution in [3.8, 4) is 0 Å². The Morgan fingerprint density at radius 3 is 2.77 bits per heavy atom. The summed E-state index contributed by atoms with van der Waals surface area (Å²) in [6, 6.07) is 0. The Hall–Kier alpha value is -1.11. The van der Waals surface area contributed by atoms with Crippen molar-refractivity contribution >= 4 is 0 Å². The molecule has 1 aromatic rings. The van der Waals surface area contributed by atoms with Gasteiger partial charge in [0.2, 0.25) is 6.39 Å². The van der Waals surface area contributed by atoms with Crippen molar-refractivity contribution in [1.29, 1.82) is 0 Å². The molecule has 1 rings (SSSR count). The zero-order valence-electron chi connectivity index (χ0n) is 6.64. The number of aromatic nitrogens is 2. The predicted molar refractivity (Wildman–Crippen MR) is 36.9 cm³/mol. The Kier molecular flexibility index (Phi) is 3.24. The molecule has 1 aromatic heterocycles. The molecule has 7 heteroatoms. The Balaban J connectivity index is 2.09. The Bertz CT molecular complexity index is 234. The summed E-state index contributed by atoms with van der Waals surface area (Å²) in [6.07, 6.45) is -2.71. The SMILES string of the molecule is FC(F)(F)CNCCc1ncon1. The van der Waals surface area contributed by atoms with E-state index in [0.29, 0.717) is 12.2 Å². The number of rotatable bonds is 4. The van der Waals surface area contributed by atoms with Crippen LogP contribution in [0, 0.1) is 0 Å². The third-order valence-corrected chi connectivity index (χ3v) is 1.26. The first-order chi connectivity index (χ1) is 6.08. The summed E-state index contributed by atoms with van der Waals surface area (Å²) in [4.78, 5) is 3.65. The summed E-state index contributed by atoms with van der Waals surface area (Å²) >= 11 is 0. The third kappa shape index (κ3) is 4.46. The highest BCUT2D eigenvalue weighted by molar-refractivity contribution is 4.78. The molecule has 0 amide bonds. The fraction of sp³-hybridized carbons (Fsp3) is 0.667. The minimum absolute atomic E-state index is 0.180. The van der Waals surface area contributed by atoms with Gasteiger partial charge in [-0.15, -0.1) is 0 Å². The van der Waals surface area contributed by atoms with Gasteiger partial charge in [-0.05, 0) is 0 Å². The first-order valence-corrected chi connectivity index (χ1v) is 3.60. The van der Waals surface area contributed by atoms with Gasteiger partial charge >= 0.3 is 6.18 Å². The molecule has 0 aliphatic rings. The maximum Gasteiger partial charge on any atom is 0.401 e. The molecule has 13 heavy (non-hydrogen) atoms. The monoisotopic (exact) mass is 195 g/mol. The highest BCUT2D eigenvalue weighted by Crippen LogP contribution is 2.11. The lowest BCUT2D eigenvalue weighted by Crippen LogP contribution is -2.30. The number of halogens is 3. The van der Waals surface area contributed by atoms with Crippen LogP contribution in [0.5, 0.6) is 0 Å². The van der Waals surface area contributed by atoms with E-state index >= 15 is 0 Å². The van der Waals surface area contributed by atoms with Crippen LogP contribution in [-0.4, -0.2) is 29.4 Å². The molecule has 0 spiro atoms. The topological polar surface area (TPSA) is 51.0 Å². The molecule has 0 radical (unpaired) electrons. The lowest BCUT2D eigenvalue weighted by Gasteiger charge is -2.06. The first-order valence-electron chi connectivity index (χ1n) is 3.60. The fourth-order valence-corrected chi connectivity index (χ4v) is 0.733. The van der Waals surface area contributed by atoms with E-state index in [1.807, 2.05) is 0 Å². The van der Waals surface area contributed by atoms with Gasteiger partial charge in [0.1, 0.15) is 0 Å². The zero-order valence-corrected chi connectivity index (χ0v) is 6.64. The number of hydrogen-bond donors (Lipinski definition) is 1. The smallest absolute Gasteiger partial charge is 0.343 e. The quantitative estimate of drug-likeness (QED) is 0.721. The summed E-state index contributed by atoms with van der Waals surface area (Å²) in [5.41, 5.74) is 0. The van der Waals surface area contributed by atoms with Crippen LogP contribution in [0.15, 0.2) is 10.9 Å². The average Bonchev–Trinajstić information content (AvgIpc) is 2.48. The second-order valence-corrected chi connectivity index (χ2v) is 2.39. The molecule has 0 bridgehead atoms.